The number of amides is 1. The predicted octanol–water partition coefficient (Wildman–Crippen LogP) is 2.91. The summed E-state index contributed by atoms with van der Waals surface area (Å²) in [6.45, 7) is 11.7. The van der Waals surface area contributed by atoms with Crippen molar-refractivity contribution in [3.8, 4) is 5.97 Å². The number of aliphatic imine (C=N–C) groups is 2. The van der Waals surface area contributed by atoms with Crippen LogP contribution in [0.25, 0.3) is 0 Å². The Kier molecular flexibility index (Phi) is 9.28. The van der Waals surface area contributed by atoms with Crippen LogP contribution in [0.2, 0.25) is 12.6 Å². The summed E-state index contributed by atoms with van der Waals surface area (Å²) in [4.78, 5) is 23.4. The van der Waals surface area contributed by atoms with Crippen LogP contribution in [0.15, 0.2) is 21.4 Å². The van der Waals surface area contributed by atoms with E-state index in [0.717, 1.165) is 95.7 Å². The molecular weight excluding hydrogens is 497 g/mol. The van der Waals surface area contributed by atoms with Crippen LogP contribution in [-0.4, -0.2) is 89.1 Å². The molecule has 0 aromatic heterocycles. The Hall–Kier alpha value is -1.87. The summed E-state index contributed by atoms with van der Waals surface area (Å²) < 4.78 is 17.2. The first-order valence-corrected chi connectivity index (χ1v) is 15.3. The summed E-state index contributed by atoms with van der Waals surface area (Å²) in [5, 5.41) is 9.04. The number of rotatable bonds is 9. The van der Waals surface area contributed by atoms with Crippen molar-refractivity contribution in [2.24, 2.45) is 32.5 Å². The average molecular weight is 542 g/mol. The third kappa shape index (κ3) is 5.84. The van der Waals surface area contributed by atoms with Gasteiger partial charge in [-0.05, 0) is 69.0 Å². The number of piperidine rings is 1. The summed E-state index contributed by atoms with van der Waals surface area (Å²) in [6, 6.07) is 0.362. The quantitative estimate of drug-likeness (QED) is 0.274. The number of hydrogen-bond donors (Lipinski definition) is 1. The van der Waals surface area contributed by atoms with Gasteiger partial charge in [0.05, 0.1) is 6.04 Å². The molecule has 3 unspecified atom stereocenters. The van der Waals surface area contributed by atoms with Gasteiger partial charge in [-0.25, -0.2) is 23.1 Å². The van der Waals surface area contributed by atoms with Crippen LogP contribution in [0.3, 0.4) is 0 Å². The van der Waals surface area contributed by atoms with Crippen LogP contribution in [0, 0.1) is 28.0 Å². The molecule has 3 aliphatic heterocycles. The smallest absolute Gasteiger partial charge is 0.269 e. The molecule has 3 heterocycles. The Labute approximate surface area is 231 Å². The molecule has 2 aliphatic carbocycles. The fraction of sp³-hybridized carbons (Fsp3) is 0.778. The van der Waals surface area contributed by atoms with Crippen LogP contribution in [-0.2, 0) is 16.0 Å². The van der Waals surface area contributed by atoms with Crippen LogP contribution in [0.1, 0.15) is 58.8 Å². The van der Waals surface area contributed by atoms with E-state index in [9.17, 15) is 9.00 Å². The van der Waals surface area contributed by atoms with Crippen molar-refractivity contribution in [1.29, 1.82) is 5.26 Å². The van der Waals surface area contributed by atoms with Crippen LogP contribution in [0.4, 0.5) is 0 Å². The molecular formula is C27H44BN7O2S. The van der Waals surface area contributed by atoms with Crippen molar-refractivity contribution in [2.75, 3.05) is 33.2 Å². The zero-order valence-corrected chi connectivity index (χ0v) is 24.2. The maximum absolute atomic E-state index is 13.1. The minimum atomic E-state index is -1.09. The molecule has 2 saturated carbocycles. The lowest BCUT2D eigenvalue weighted by Gasteiger charge is -2.56. The molecule has 5 aliphatic rings. The number of nitriles is 1. The Morgan fingerprint density at radius 2 is 1.84 bits per heavy atom. The van der Waals surface area contributed by atoms with Crippen molar-refractivity contribution in [2.45, 2.75) is 83.5 Å². The first kappa shape index (κ1) is 29.1. The zero-order valence-electron chi connectivity index (χ0n) is 23.3. The number of nitrogens with two attached hydrogens (primary N) is 1. The molecule has 0 aromatic carbocycles. The van der Waals surface area contributed by atoms with Crippen molar-refractivity contribution >= 4 is 37.2 Å². The third-order valence-corrected chi connectivity index (χ3v) is 10.9. The van der Waals surface area contributed by atoms with Gasteiger partial charge in [-0.1, -0.05) is 32.9 Å². The molecule has 0 radical (unpaired) electrons. The van der Waals surface area contributed by atoms with Gasteiger partial charge in [0, 0.05) is 50.0 Å². The Bertz CT molecular complexity index is 1000. The standard InChI is InChI=1S/C26H39BN6O2S.CH5N/c1-20-5-4-6-23(20)33(19-34)24(29-3)22(25(2)9-10-25)13-30-21-7-11-31(12-8-21)36(35)32-16-26(17-32)14-27(15-26)18-28;1-2/h13,19-21,23H,3-12,14-17H2,1-2H3;2H2,1H3/b24-22-,30-13?;. The molecule has 5 rings (SSSR count). The second-order valence-corrected chi connectivity index (χ2v) is 13.6. The maximum atomic E-state index is 13.1. The predicted molar refractivity (Wildman–Crippen MR) is 155 cm³/mol. The largest absolute Gasteiger partial charge is 0.333 e. The third-order valence-electron chi connectivity index (χ3n) is 9.42. The highest BCUT2D eigenvalue weighted by molar-refractivity contribution is 7.80. The Morgan fingerprint density at radius 3 is 2.34 bits per heavy atom. The van der Waals surface area contributed by atoms with Gasteiger partial charge in [0.15, 0.2) is 11.2 Å². The highest BCUT2D eigenvalue weighted by Crippen LogP contribution is 2.53. The van der Waals surface area contributed by atoms with Crippen molar-refractivity contribution in [3.05, 3.63) is 11.4 Å². The number of hydrogen-bond acceptors (Lipinski definition) is 6. The van der Waals surface area contributed by atoms with E-state index in [2.05, 4.69) is 45.9 Å². The van der Waals surface area contributed by atoms with E-state index in [1.807, 2.05) is 11.1 Å². The van der Waals surface area contributed by atoms with Crippen LogP contribution >= 0.6 is 0 Å². The van der Waals surface area contributed by atoms with Gasteiger partial charge in [-0.3, -0.25) is 14.7 Å². The normalized spacial score (nSPS) is 29.8. The maximum Gasteiger partial charge on any atom is 0.269 e. The zero-order chi connectivity index (χ0) is 27.5. The second-order valence-electron chi connectivity index (χ2n) is 12.1. The van der Waals surface area contributed by atoms with Crippen molar-refractivity contribution in [3.63, 3.8) is 0 Å². The summed E-state index contributed by atoms with van der Waals surface area (Å²) in [5.41, 5.74) is 5.80. The fourth-order valence-electron chi connectivity index (χ4n) is 6.71. The van der Waals surface area contributed by atoms with E-state index < -0.39 is 11.2 Å². The molecule has 0 bridgehead atoms. The van der Waals surface area contributed by atoms with E-state index >= 15 is 0 Å². The lowest BCUT2D eigenvalue weighted by atomic mass is 9.26. The summed E-state index contributed by atoms with van der Waals surface area (Å²) >= 11 is -1.09. The first-order valence-electron chi connectivity index (χ1n) is 14.2. The lowest BCUT2D eigenvalue weighted by molar-refractivity contribution is -0.118. The summed E-state index contributed by atoms with van der Waals surface area (Å²) in [6.07, 6.45) is 12.0. The number of carbonyl (C=O) groups is 1. The molecule has 1 spiro atoms. The van der Waals surface area contributed by atoms with Crippen molar-refractivity contribution < 1.29 is 9.00 Å². The van der Waals surface area contributed by atoms with Crippen molar-refractivity contribution in [1.82, 2.24) is 13.5 Å². The van der Waals surface area contributed by atoms with E-state index in [0.29, 0.717) is 11.7 Å². The highest BCUT2D eigenvalue weighted by atomic mass is 32.2. The topological polar surface area (TPSA) is 118 Å². The fourth-order valence-corrected chi connectivity index (χ4v) is 8.33. The first-order chi connectivity index (χ1) is 18.3. The van der Waals surface area contributed by atoms with Gasteiger partial charge in [0.25, 0.3) is 6.71 Å². The van der Waals surface area contributed by atoms with Crippen LogP contribution < -0.4 is 5.73 Å². The van der Waals surface area contributed by atoms with E-state index in [1.165, 1.54) is 7.05 Å². The summed E-state index contributed by atoms with van der Waals surface area (Å²) in [7, 11) is 1.50. The SMILES string of the molecule is C=N/C(=C(\C=NC1CCN(S(=O)N2CC3(CB(C#N)C3)C2)CC1)C1(C)CC1)N(C=O)C1CCCC1C.CN. The summed E-state index contributed by atoms with van der Waals surface area (Å²) in [5.74, 6) is 3.50. The molecule has 38 heavy (non-hydrogen) atoms. The van der Waals surface area contributed by atoms with Gasteiger partial charge < -0.3 is 5.73 Å². The monoisotopic (exact) mass is 541 g/mol. The molecule has 9 nitrogen and oxygen atoms in total. The molecule has 3 saturated heterocycles. The Balaban J connectivity index is 0.00000164. The van der Waals surface area contributed by atoms with E-state index in [4.69, 9.17) is 10.3 Å². The number of allylic oxidation sites excluding steroid dienone is 1. The molecule has 2 N–H and O–H groups in total. The number of carbonyl (C=O) groups excluding carboxylic acids is 1. The lowest BCUT2D eigenvalue weighted by Crippen LogP contribution is -2.65. The molecule has 0 aromatic rings. The van der Waals surface area contributed by atoms with E-state index in [1.54, 1.807) is 0 Å². The molecule has 208 valence electrons. The second kappa shape index (κ2) is 12.1. The molecule has 5 fully saturated rings. The molecule has 1 amide bonds. The Morgan fingerprint density at radius 1 is 1.18 bits per heavy atom. The van der Waals surface area contributed by atoms with Gasteiger partial charge in [0.1, 0.15) is 5.82 Å². The minimum absolute atomic E-state index is 0.00483. The average Bonchev–Trinajstić information content (AvgIpc) is 3.50. The van der Waals surface area contributed by atoms with E-state index in [-0.39, 0.29) is 29.6 Å². The van der Waals surface area contributed by atoms with Gasteiger partial charge in [-0.2, -0.15) is 0 Å². The highest BCUT2D eigenvalue weighted by Gasteiger charge is 2.56. The molecule has 11 heteroatoms. The number of nitrogens with zero attached hydrogens (tertiary/aromatic N) is 6. The molecule has 3 atom stereocenters. The van der Waals surface area contributed by atoms with Gasteiger partial charge >= 0.3 is 0 Å². The minimum Gasteiger partial charge on any atom is -0.333 e. The van der Waals surface area contributed by atoms with Gasteiger partial charge in [-0.15, -0.1) is 0 Å². The van der Waals surface area contributed by atoms with Gasteiger partial charge in [0.2, 0.25) is 6.41 Å². The van der Waals surface area contributed by atoms with Crippen LogP contribution in [0.5, 0.6) is 0 Å².